The highest BCUT2D eigenvalue weighted by molar-refractivity contribution is 7.47. The van der Waals surface area contributed by atoms with Crippen LogP contribution in [0.2, 0.25) is 0 Å². The molecular formula is C55H98N2O6P+. The maximum atomic E-state index is 12.9. The Labute approximate surface area is 394 Å². The molecule has 3 atom stereocenters. The largest absolute Gasteiger partial charge is 0.472 e. The van der Waals surface area contributed by atoms with E-state index in [-0.39, 0.29) is 19.1 Å². The van der Waals surface area contributed by atoms with E-state index in [1.165, 1.54) is 96.3 Å². The number of phosphoric ester groups is 1. The summed E-state index contributed by atoms with van der Waals surface area (Å²) in [6.07, 6.45) is 65.4. The number of nitrogens with zero attached hydrogens (tertiary/aromatic N) is 1. The topological polar surface area (TPSA) is 105 Å². The highest BCUT2D eigenvalue weighted by atomic mass is 31.2. The Morgan fingerprint density at radius 1 is 0.562 bits per heavy atom. The zero-order valence-electron chi connectivity index (χ0n) is 41.7. The molecule has 3 N–H and O–H groups in total. The summed E-state index contributed by atoms with van der Waals surface area (Å²) in [5.74, 6) is -0.197. The molecule has 0 bridgehead atoms. The summed E-state index contributed by atoms with van der Waals surface area (Å²) in [6.45, 7) is 4.42. The number of nitrogens with one attached hydrogen (secondary N) is 1. The molecule has 8 nitrogen and oxygen atoms in total. The van der Waals surface area contributed by atoms with Crippen molar-refractivity contribution in [2.75, 3.05) is 40.9 Å². The lowest BCUT2D eigenvalue weighted by Crippen LogP contribution is -2.45. The van der Waals surface area contributed by atoms with Crippen molar-refractivity contribution in [1.29, 1.82) is 0 Å². The molecule has 0 aliphatic heterocycles. The summed E-state index contributed by atoms with van der Waals surface area (Å²) in [5, 5.41) is 13.7. The average molecular weight is 914 g/mol. The maximum Gasteiger partial charge on any atom is 0.472 e. The van der Waals surface area contributed by atoms with E-state index in [0.29, 0.717) is 17.4 Å². The summed E-state index contributed by atoms with van der Waals surface area (Å²) >= 11 is 0. The molecule has 9 heteroatoms. The third-order valence-electron chi connectivity index (χ3n) is 10.9. The number of hydrogen-bond acceptors (Lipinski definition) is 5. The Balaban J connectivity index is 4.00. The van der Waals surface area contributed by atoms with Crippen LogP contribution >= 0.6 is 7.82 Å². The SMILES string of the molecule is C/C=C/CC/C=C/CC/C=C/C(O)C(COP(=O)(O)OCC[N+](C)(C)C)NC(=O)CCCCCCCCCCCCCCCCCCC/C=C\C/C=C\C/C=C\C/C=C\C/C=C\CC. The van der Waals surface area contributed by atoms with Crippen LogP contribution in [0.1, 0.15) is 194 Å². The number of allylic oxidation sites excluding steroid dienone is 15. The van der Waals surface area contributed by atoms with Gasteiger partial charge in [-0.3, -0.25) is 13.8 Å². The smallest absolute Gasteiger partial charge is 0.387 e. The van der Waals surface area contributed by atoms with Crippen molar-refractivity contribution >= 4 is 13.7 Å². The second kappa shape index (κ2) is 45.6. The fraction of sp³-hybridized carbons (Fsp3) is 0.691. The van der Waals surface area contributed by atoms with Crippen LogP contribution in [0.3, 0.4) is 0 Å². The van der Waals surface area contributed by atoms with E-state index in [2.05, 4.69) is 91.2 Å². The first-order valence-corrected chi connectivity index (χ1v) is 27.1. The molecular weight excluding hydrogens is 816 g/mol. The Bertz CT molecular complexity index is 1360. The first-order chi connectivity index (χ1) is 31.0. The molecule has 0 heterocycles. The lowest BCUT2D eigenvalue weighted by Gasteiger charge is -2.25. The molecule has 0 saturated carbocycles. The number of rotatable bonds is 45. The van der Waals surface area contributed by atoms with Crippen LogP contribution in [0, 0.1) is 0 Å². The molecule has 0 saturated heterocycles. The summed E-state index contributed by atoms with van der Waals surface area (Å²) < 4.78 is 23.5. The monoisotopic (exact) mass is 914 g/mol. The highest BCUT2D eigenvalue weighted by Gasteiger charge is 2.27. The molecule has 0 rings (SSSR count). The van der Waals surface area contributed by atoms with Crippen molar-refractivity contribution in [2.45, 2.75) is 206 Å². The number of hydrogen-bond donors (Lipinski definition) is 3. The van der Waals surface area contributed by atoms with Gasteiger partial charge in [0.2, 0.25) is 5.91 Å². The molecule has 368 valence electrons. The summed E-state index contributed by atoms with van der Waals surface area (Å²) in [6, 6.07) is -0.871. The molecule has 0 aromatic heterocycles. The van der Waals surface area contributed by atoms with Gasteiger partial charge in [-0.2, -0.15) is 0 Å². The number of amides is 1. The number of aliphatic hydroxyl groups is 1. The van der Waals surface area contributed by atoms with E-state index >= 15 is 0 Å². The Hall–Kier alpha value is -2.58. The number of phosphoric acid groups is 1. The molecule has 0 aliphatic carbocycles. The number of aliphatic hydroxyl groups excluding tert-OH is 1. The quantitative estimate of drug-likeness (QED) is 0.0243. The van der Waals surface area contributed by atoms with Gasteiger partial charge in [0.15, 0.2) is 0 Å². The van der Waals surface area contributed by atoms with Crippen molar-refractivity contribution in [3.05, 3.63) is 97.2 Å². The van der Waals surface area contributed by atoms with Gasteiger partial charge < -0.3 is 19.8 Å². The first-order valence-electron chi connectivity index (χ1n) is 25.6. The van der Waals surface area contributed by atoms with Crippen molar-refractivity contribution in [1.82, 2.24) is 5.32 Å². The zero-order valence-corrected chi connectivity index (χ0v) is 42.6. The van der Waals surface area contributed by atoms with Gasteiger partial charge >= 0.3 is 7.82 Å². The van der Waals surface area contributed by atoms with Gasteiger partial charge in [-0.25, -0.2) is 4.57 Å². The molecule has 0 aliphatic rings. The minimum atomic E-state index is -4.35. The molecule has 3 unspecified atom stereocenters. The Morgan fingerprint density at radius 3 is 1.44 bits per heavy atom. The fourth-order valence-electron chi connectivity index (χ4n) is 6.87. The normalized spacial score (nSPS) is 14.9. The van der Waals surface area contributed by atoms with Gasteiger partial charge in [-0.15, -0.1) is 0 Å². The predicted molar refractivity (Wildman–Crippen MR) is 276 cm³/mol. The van der Waals surface area contributed by atoms with Gasteiger partial charge in [0.25, 0.3) is 0 Å². The number of quaternary nitrogens is 1. The second-order valence-corrected chi connectivity index (χ2v) is 19.6. The maximum absolute atomic E-state index is 12.9. The summed E-state index contributed by atoms with van der Waals surface area (Å²) in [5.41, 5.74) is 0. The highest BCUT2D eigenvalue weighted by Crippen LogP contribution is 2.43. The average Bonchev–Trinajstić information content (AvgIpc) is 3.25. The standard InChI is InChI=1S/C55H97N2O6P/c1-6-8-10-12-14-16-17-18-19-20-21-22-23-24-25-26-27-28-29-30-31-32-33-34-35-36-37-38-39-41-43-45-47-49-55(59)56-53(52-63-64(60,61)62-51-50-57(3,4)5)54(58)48-46-44-42-40-15-13-11-9-7-2/h7-10,14-16,18-19,21-22,24-25,40,46,48,53-54,58H,6,11-13,17,20,23,26-39,41-45,47,49-52H2,1-5H3,(H-,56,59,60,61)/p+1/b9-7+,10-8-,16-14-,19-18-,22-21-,25-24-,40-15+,48-46+. The van der Waals surface area contributed by atoms with Gasteiger partial charge in [0.1, 0.15) is 13.2 Å². The van der Waals surface area contributed by atoms with Gasteiger partial charge in [-0.1, -0.05) is 200 Å². The van der Waals surface area contributed by atoms with E-state index in [1.54, 1.807) is 6.08 Å². The van der Waals surface area contributed by atoms with Gasteiger partial charge in [0.05, 0.1) is 39.9 Å². The van der Waals surface area contributed by atoms with Crippen LogP contribution in [-0.4, -0.2) is 73.4 Å². The van der Waals surface area contributed by atoms with E-state index in [9.17, 15) is 19.4 Å². The minimum Gasteiger partial charge on any atom is -0.387 e. The van der Waals surface area contributed by atoms with E-state index in [0.717, 1.165) is 77.0 Å². The number of carbonyl (C=O) groups is 1. The molecule has 0 aromatic rings. The van der Waals surface area contributed by atoms with E-state index in [1.807, 2.05) is 40.2 Å². The predicted octanol–water partition coefficient (Wildman–Crippen LogP) is 15.1. The molecule has 0 spiro atoms. The van der Waals surface area contributed by atoms with Crippen molar-refractivity contribution in [3.63, 3.8) is 0 Å². The van der Waals surface area contributed by atoms with Crippen molar-refractivity contribution in [3.8, 4) is 0 Å². The molecule has 0 aromatic carbocycles. The van der Waals surface area contributed by atoms with Crippen molar-refractivity contribution in [2.24, 2.45) is 0 Å². The van der Waals surface area contributed by atoms with Crippen LogP contribution < -0.4 is 5.32 Å². The van der Waals surface area contributed by atoms with Gasteiger partial charge in [0, 0.05) is 6.42 Å². The fourth-order valence-corrected chi connectivity index (χ4v) is 7.61. The van der Waals surface area contributed by atoms with Crippen molar-refractivity contribution < 1.29 is 32.9 Å². The minimum absolute atomic E-state index is 0.0499. The van der Waals surface area contributed by atoms with Crippen LogP contribution in [0.5, 0.6) is 0 Å². The molecule has 64 heavy (non-hydrogen) atoms. The summed E-state index contributed by atoms with van der Waals surface area (Å²) in [7, 11) is 1.53. The number of likely N-dealkylation sites (N-methyl/N-ethyl adjacent to an activating group) is 1. The lowest BCUT2D eigenvalue weighted by molar-refractivity contribution is -0.870. The lowest BCUT2D eigenvalue weighted by atomic mass is 10.0. The van der Waals surface area contributed by atoms with Gasteiger partial charge in [-0.05, 0) is 84.0 Å². The third kappa shape index (κ3) is 47.4. The van der Waals surface area contributed by atoms with Crippen LogP contribution in [0.4, 0.5) is 0 Å². The number of unbranched alkanes of at least 4 members (excludes halogenated alkanes) is 19. The second-order valence-electron chi connectivity index (χ2n) is 18.2. The van der Waals surface area contributed by atoms with Crippen LogP contribution in [0.25, 0.3) is 0 Å². The Kier molecular flexibility index (Phi) is 43.7. The van der Waals surface area contributed by atoms with Crippen LogP contribution in [-0.2, 0) is 18.4 Å². The van der Waals surface area contributed by atoms with E-state index in [4.69, 9.17) is 9.05 Å². The first kappa shape index (κ1) is 61.4. The molecule has 0 radical (unpaired) electrons. The number of carbonyl (C=O) groups excluding carboxylic acids is 1. The molecule has 0 fully saturated rings. The van der Waals surface area contributed by atoms with E-state index < -0.39 is 20.0 Å². The summed E-state index contributed by atoms with van der Waals surface area (Å²) in [4.78, 5) is 23.1. The zero-order chi connectivity index (χ0) is 47.1. The Morgan fingerprint density at radius 2 is 0.969 bits per heavy atom. The molecule has 1 amide bonds. The van der Waals surface area contributed by atoms with Crippen LogP contribution in [0.15, 0.2) is 97.2 Å². The third-order valence-corrected chi connectivity index (χ3v) is 11.8.